The molecule has 14 unspecified atom stereocenters. The number of piperidine rings is 2. The lowest BCUT2D eigenvalue weighted by Crippen LogP contribution is -2.85. The molecule has 1 spiro atoms. The van der Waals surface area contributed by atoms with Gasteiger partial charge in [-0.3, -0.25) is 14.0 Å². The molecule has 4 aliphatic heterocycles. The fourth-order valence-corrected chi connectivity index (χ4v) is 15.6. The molecule has 68 heavy (non-hydrogen) atoms. The third-order valence-electron chi connectivity index (χ3n) is 17.6. The molecular weight excluding hydrogens is 938 g/mol. The Balaban J connectivity index is 0.000000200. The van der Waals surface area contributed by atoms with Gasteiger partial charge in [0.15, 0.2) is 6.10 Å². The quantitative estimate of drug-likeness (QED) is 0.105. The van der Waals surface area contributed by atoms with Crippen molar-refractivity contribution in [2.75, 3.05) is 45.2 Å². The minimum atomic E-state index is -4.67. The van der Waals surface area contributed by atoms with E-state index in [1.807, 2.05) is 24.8 Å². The SMILES string of the molecule is CC=C(C)C(=O)OC1CCC2(C)C3CCC4C5(O)CC(O)C6(O)C(CN7CC(C)CCC7C6(C)O)C5(O)CC42OC13O.CN(C)CCCN1c2ccccc2Sc2ccc(Cl)cc21.O=S(=O)(O)O. The van der Waals surface area contributed by atoms with Crippen LogP contribution in [0.15, 0.2) is 63.9 Å². The number of hydrogen-bond acceptors (Lipinski definition) is 15. The number of anilines is 2. The summed E-state index contributed by atoms with van der Waals surface area (Å²) in [5.74, 6) is -4.05. The van der Waals surface area contributed by atoms with Gasteiger partial charge in [-0.1, -0.05) is 55.4 Å². The standard InChI is InChI=1S/C32H49NO9.C17H19ClN2S.H2O4S/c1-6-18(3)25(35)41-24-11-12-26(4)19-8-9-20-28(37)13-23(34)31(39)21(29(28,38)16-30(20,26)42-32(19,24)40)15-33-14-17(2)7-10-22(33)27(31,5)36;1-19(2)10-5-11-20-14-6-3-4-7-16(14)21-17-9-8-13(18)12-15(17)20;1-5(2,3)4/h6,17,19-24,34,36-40H,7-16H2,1-5H3;3-4,6-9,12H,5,10-11H2,1-2H3;(H2,1,2,3,4). The Morgan fingerprint density at radius 2 is 1.60 bits per heavy atom. The van der Waals surface area contributed by atoms with Gasteiger partial charge in [-0.05, 0) is 123 Å². The Morgan fingerprint density at radius 1 is 0.941 bits per heavy atom. The number of fused-ring (bicyclic) bond motifs is 7. The first kappa shape index (κ1) is 51.9. The van der Waals surface area contributed by atoms with Crippen LogP contribution in [-0.4, -0.2) is 156 Å². The van der Waals surface area contributed by atoms with Crippen molar-refractivity contribution >= 4 is 51.1 Å². The van der Waals surface area contributed by atoms with Crippen molar-refractivity contribution in [2.45, 2.75) is 154 Å². The maximum Gasteiger partial charge on any atom is 0.394 e. The number of halogens is 1. The van der Waals surface area contributed by atoms with Crippen molar-refractivity contribution in [1.82, 2.24) is 9.80 Å². The molecule has 4 aliphatic carbocycles. The number of rotatable bonds is 6. The van der Waals surface area contributed by atoms with Gasteiger partial charge in [-0.2, -0.15) is 8.42 Å². The number of carbonyl (C=O) groups is 1. The Morgan fingerprint density at radius 3 is 2.28 bits per heavy atom. The molecule has 3 saturated heterocycles. The molecule has 4 bridgehead atoms. The highest BCUT2D eigenvalue weighted by atomic mass is 35.5. The maximum atomic E-state index is 12.9. The number of nitrogens with zero attached hydrogens (tertiary/aromatic N) is 3. The largest absolute Gasteiger partial charge is 0.453 e. The van der Waals surface area contributed by atoms with Crippen LogP contribution in [0.4, 0.5) is 11.4 Å². The summed E-state index contributed by atoms with van der Waals surface area (Å²) in [6.07, 6.45) is 3.42. The minimum Gasteiger partial charge on any atom is -0.453 e. The molecule has 10 rings (SSSR count). The highest BCUT2D eigenvalue weighted by molar-refractivity contribution is 7.99. The molecule has 2 aromatic rings. The molecule has 2 aromatic carbocycles. The number of esters is 1. The zero-order valence-corrected chi connectivity index (χ0v) is 42.4. The number of aliphatic hydroxyl groups is 6. The predicted molar refractivity (Wildman–Crippen MR) is 256 cm³/mol. The van der Waals surface area contributed by atoms with E-state index in [0.29, 0.717) is 50.1 Å². The van der Waals surface area contributed by atoms with E-state index in [1.165, 1.54) is 21.2 Å². The molecule has 4 saturated carbocycles. The highest BCUT2D eigenvalue weighted by Crippen LogP contribution is 2.78. The number of para-hydroxylation sites is 1. The van der Waals surface area contributed by atoms with E-state index in [0.717, 1.165) is 31.0 Å². The topological polar surface area (TPSA) is 241 Å². The molecule has 0 aromatic heterocycles. The number of aliphatic hydroxyl groups excluding tert-OH is 1. The molecule has 378 valence electrons. The molecule has 0 amide bonds. The fourth-order valence-electron chi connectivity index (χ4n) is 14.4. The van der Waals surface area contributed by atoms with Gasteiger partial charge >= 0.3 is 16.4 Å². The van der Waals surface area contributed by atoms with Gasteiger partial charge in [0.1, 0.15) is 22.4 Å². The second kappa shape index (κ2) is 18.0. The van der Waals surface area contributed by atoms with Crippen LogP contribution in [-0.2, 0) is 24.7 Å². The van der Waals surface area contributed by atoms with Crippen LogP contribution in [0.5, 0.6) is 0 Å². The summed E-state index contributed by atoms with van der Waals surface area (Å²) in [5, 5.41) is 74.7. The Hall–Kier alpha value is -2.40. The molecule has 4 heterocycles. The number of hydrogen-bond donors (Lipinski definition) is 8. The molecular formula is C49H70ClN3O13S2. The van der Waals surface area contributed by atoms with E-state index in [9.17, 15) is 35.4 Å². The normalized spacial score (nSPS) is 42.2. The third kappa shape index (κ3) is 8.08. The minimum absolute atomic E-state index is 0.0606. The zero-order valence-electron chi connectivity index (χ0n) is 40.0. The summed E-state index contributed by atoms with van der Waals surface area (Å²) >= 11 is 8.03. The Kier molecular flexibility index (Phi) is 13.7. The first-order valence-corrected chi connectivity index (χ1v) is 26.5. The van der Waals surface area contributed by atoms with Crippen LogP contribution in [0.2, 0.25) is 5.02 Å². The second-order valence-corrected chi connectivity index (χ2v) is 24.0. The highest BCUT2D eigenvalue weighted by Gasteiger charge is 2.88. The maximum absolute atomic E-state index is 12.9. The van der Waals surface area contributed by atoms with Crippen LogP contribution < -0.4 is 4.90 Å². The van der Waals surface area contributed by atoms with Crippen LogP contribution in [0.3, 0.4) is 0 Å². The summed E-state index contributed by atoms with van der Waals surface area (Å²) in [4.78, 5) is 22.1. The molecule has 0 radical (unpaired) electrons. The average Bonchev–Trinajstić information content (AvgIpc) is 3.42. The molecule has 19 heteroatoms. The van der Waals surface area contributed by atoms with Crippen molar-refractivity contribution in [3.8, 4) is 0 Å². The summed E-state index contributed by atoms with van der Waals surface area (Å²) in [6.45, 7) is 12.1. The van der Waals surface area contributed by atoms with E-state index in [4.69, 9.17) is 38.6 Å². The van der Waals surface area contributed by atoms with Crippen molar-refractivity contribution in [2.24, 2.45) is 29.1 Å². The first-order valence-electron chi connectivity index (χ1n) is 23.9. The molecule has 8 N–H and O–H groups in total. The second-order valence-electron chi connectivity index (χ2n) is 21.6. The Labute approximate surface area is 409 Å². The van der Waals surface area contributed by atoms with E-state index in [2.05, 4.69) is 72.1 Å². The van der Waals surface area contributed by atoms with Gasteiger partial charge in [-0.25, -0.2) is 4.79 Å². The van der Waals surface area contributed by atoms with E-state index < -0.39 is 85.5 Å². The van der Waals surface area contributed by atoms with Crippen LogP contribution >= 0.6 is 23.4 Å². The number of carbonyl (C=O) groups excluding carboxylic acids is 1. The smallest absolute Gasteiger partial charge is 0.394 e. The average molecular weight is 1010 g/mol. The van der Waals surface area contributed by atoms with Crippen molar-refractivity contribution in [3.05, 3.63) is 59.1 Å². The third-order valence-corrected chi connectivity index (χ3v) is 19.0. The van der Waals surface area contributed by atoms with Crippen LogP contribution in [0.25, 0.3) is 0 Å². The van der Waals surface area contributed by atoms with E-state index in [1.54, 1.807) is 26.8 Å². The summed E-state index contributed by atoms with van der Waals surface area (Å²) in [6, 6.07) is 14.4. The number of allylic oxidation sites excluding steroid dienone is 1. The van der Waals surface area contributed by atoms with Gasteiger partial charge in [0.2, 0.25) is 5.79 Å². The molecule has 7 fully saturated rings. The number of ether oxygens (including phenoxy) is 2. The molecule has 16 nitrogen and oxygen atoms in total. The van der Waals surface area contributed by atoms with Gasteiger partial charge in [-0.15, -0.1) is 0 Å². The number of benzene rings is 2. The first-order chi connectivity index (χ1) is 31.6. The van der Waals surface area contributed by atoms with Crippen LogP contribution in [0.1, 0.15) is 92.4 Å². The van der Waals surface area contributed by atoms with Gasteiger partial charge in [0, 0.05) is 82.1 Å². The summed E-state index contributed by atoms with van der Waals surface area (Å²) < 4.78 is 44.2. The van der Waals surface area contributed by atoms with Gasteiger partial charge in [0.05, 0.1) is 23.1 Å². The van der Waals surface area contributed by atoms with E-state index >= 15 is 0 Å². The van der Waals surface area contributed by atoms with Gasteiger partial charge < -0.3 is 49.9 Å². The molecule has 14 atom stereocenters. The predicted octanol–water partition coefficient (Wildman–Crippen LogP) is 5.23. The molecule has 8 aliphatic rings. The lowest BCUT2D eigenvalue weighted by Gasteiger charge is -2.68. The van der Waals surface area contributed by atoms with Crippen LogP contribution in [0, 0.1) is 29.1 Å². The zero-order chi connectivity index (χ0) is 49.8. The lowest BCUT2D eigenvalue weighted by atomic mass is 9.49. The fraction of sp³-hybridized carbons (Fsp3) is 0.694. The Bertz CT molecular complexity index is 2400. The van der Waals surface area contributed by atoms with Gasteiger partial charge in [0.25, 0.3) is 0 Å². The lowest BCUT2D eigenvalue weighted by molar-refractivity contribution is -0.354. The summed E-state index contributed by atoms with van der Waals surface area (Å²) in [7, 11) is -0.435. The van der Waals surface area contributed by atoms with E-state index in [-0.39, 0.29) is 25.4 Å². The monoisotopic (exact) mass is 1010 g/mol. The van der Waals surface area contributed by atoms with Crippen molar-refractivity contribution < 1.29 is 62.4 Å². The summed E-state index contributed by atoms with van der Waals surface area (Å²) in [5.41, 5.74) is -6.44. The van der Waals surface area contributed by atoms with Crippen molar-refractivity contribution in [1.29, 1.82) is 0 Å². The van der Waals surface area contributed by atoms with Crippen molar-refractivity contribution in [3.63, 3.8) is 0 Å².